The zero-order valence-electron chi connectivity index (χ0n) is 14.4. The predicted octanol–water partition coefficient (Wildman–Crippen LogP) is 3.93. The SMILES string of the molecule is Nc1cc(C2=C(C3CCOCC3)CCCc3cc(O)ccc32)ccn1. The average Bonchev–Trinajstić information content (AvgIpc) is 2.81. The molecule has 4 heteroatoms. The van der Waals surface area contributed by atoms with Crippen LogP contribution in [0.1, 0.15) is 42.4 Å². The number of nitrogen functional groups attached to an aromatic ring is 1. The molecule has 1 saturated heterocycles. The van der Waals surface area contributed by atoms with Gasteiger partial charge in [-0.3, -0.25) is 0 Å². The number of hydrogen-bond donors (Lipinski definition) is 2. The Hall–Kier alpha value is -2.33. The summed E-state index contributed by atoms with van der Waals surface area (Å²) in [5.74, 6) is 1.43. The lowest BCUT2D eigenvalue weighted by Gasteiger charge is -2.27. The molecule has 2 heterocycles. The molecule has 1 aliphatic heterocycles. The molecular formula is C21H24N2O2. The van der Waals surface area contributed by atoms with Gasteiger partial charge < -0.3 is 15.6 Å². The van der Waals surface area contributed by atoms with Crippen LogP contribution in [0.3, 0.4) is 0 Å². The number of nitrogens with two attached hydrogens (primary N) is 1. The Kier molecular flexibility index (Phi) is 4.45. The minimum Gasteiger partial charge on any atom is -0.508 e. The number of rotatable bonds is 2. The Morgan fingerprint density at radius 1 is 1.08 bits per heavy atom. The van der Waals surface area contributed by atoms with E-state index in [1.54, 1.807) is 12.3 Å². The average molecular weight is 336 g/mol. The molecule has 0 saturated carbocycles. The van der Waals surface area contributed by atoms with Crippen LogP contribution in [0.5, 0.6) is 5.75 Å². The molecule has 2 aromatic rings. The smallest absolute Gasteiger partial charge is 0.123 e. The number of aryl methyl sites for hydroxylation is 1. The summed E-state index contributed by atoms with van der Waals surface area (Å²) in [7, 11) is 0. The second kappa shape index (κ2) is 6.89. The lowest BCUT2D eigenvalue weighted by atomic mass is 9.82. The van der Waals surface area contributed by atoms with E-state index in [0.717, 1.165) is 50.9 Å². The Labute approximate surface area is 148 Å². The number of nitrogens with zero attached hydrogens (tertiary/aromatic N) is 1. The molecule has 1 aliphatic carbocycles. The quantitative estimate of drug-likeness (QED) is 0.872. The third-order valence-electron chi connectivity index (χ3n) is 5.36. The van der Waals surface area contributed by atoms with Crippen LogP contribution in [0.15, 0.2) is 42.1 Å². The largest absolute Gasteiger partial charge is 0.508 e. The normalized spacial score (nSPS) is 18.7. The van der Waals surface area contributed by atoms with Crippen LogP contribution in [0.4, 0.5) is 5.82 Å². The highest BCUT2D eigenvalue weighted by Crippen LogP contribution is 2.41. The van der Waals surface area contributed by atoms with Crippen molar-refractivity contribution >= 4 is 11.4 Å². The van der Waals surface area contributed by atoms with Crippen molar-refractivity contribution in [1.82, 2.24) is 4.98 Å². The zero-order valence-corrected chi connectivity index (χ0v) is 14.4. The van der Waals surface area contributed by atoms with Crippen LogP contribution in [0.25, 0.3) is 5.57 Å². The van der Waals surface area contributed by atoms with Crippen molar-refractivity contribution in [3.05, 3.63) is 58.8 Å². The number of hydrogen-bond acceptors (Lipinski definition) is 4. The van der Waals surface area contributed by atoms with Gasteiger partial charge in [-0.25, -0.2) is 4.98 Å². The van der Waals surface area contributed by atoms with Gasteiger partial charge in [0.1, 0.15) is 11.6 Å². The molecule has 0 unspecified atom stereocenters. The van der Waals surface area contributed by atoms with E-state index in [0.29, 0.717) is 17.5 Å². The molecule has 4 nitrogen and oxygen atoms in total. The highest BCUT2D eigenvalue weighted by atomic mass is 16.5. The van der Waals surface area contributed by atoms with Gasteiger partial charge in [-0.2, -0.15) is 0 Å². The van der Waals surface area contributed by atoms with Gasteiger partial charge in [-0.05, 0) is 84.6 Å². The van der Waals surface area contributed by atoms with Crippen LogP contribution in [-0.2, 0) is 11.2 Å². The van der Waals surface area contributed by atoms with Crippen LogP contribution < -0.4 is 5.73 Å². The van der Waals surface area contributed by atoms with Crippen LogP contribution in [0, 0.1) is 5.92 Å². The minimum absolute atomic E-state index is 0.335. The molecule has 0 spiro atoms. The van der Waals surface area contributed by atoms with Gasteiger partial charge in [0.05, 0.1) is 0 Å². The number of allylic oxidation sites excluding steroid dienone is 1. The summed E-state index contributed by atoms with van der Waals surface area (Å²) in [6.45, 7) is 1.67. The summed E-state index contributed by atoms with van der Waals surface area (Å²) >= 11 is 0. The number of phenolic OH excluding ortho intramolecular Hbond substituents is 1. The lowest BCUT2D eigenvalue weighted by molar-refractivity contribution is 0.0751. The summed E-state index contributed by atoms with van der Waals surface area (Å²) in [5, 5.41) is 9.93. The Morgan fingerprint density at radius 3 is 2.72 bits per heavy atom. The van der Waals surface area contributed by atoms with Crippen LogP contribution >= 0.6 is 0 Å². The fraction of sp³-hybridized carbons (Fsp3) is 0.381. The van der Waals surface area contributed by atoms with Crippen molar-refractivity contribution in [2.45, 2.75) is 32.1 Å². The van der Waals surface area contributed by atoms with Crippen molar-refractivity contribution < 1.29 is 9.84 Å². The predicted molar refractivity (Wildman–Crippen MR) is 99.3 cm³/mol. The van der Waals surface area contributed by atoms with Crippen molar-refractivity contribution in [3.63, 3.8) is 0 Å². The van der Waals surface area contributed by atoms with E-state index in [9.17, 15) is 5.11 Å². The highest BCUT2D eigenvalue weighted by molar-refractivity contribution is 5.85. The number of benzene rings is 1. The van der Waals surface area contributed by atoms with Crippen molar-refractivity contribution in [2.24, 2.45) is 5.92 Å². The first kappa shape index (κ1) is 16.2. The Balaban J connectivity index is 1.92. The summed E-state index contributed by atoms with van der Waals surface area (Å²) in [6, 6.07) is 9.77. The van der Waals surface area contributed by atoms with Gasteiger partial charge in [0, 0.05) is 19.4 Å². The molecular weight excluding hydrogens is 312 g/mol. The standard InChI is InChI=1S/C21H24N2O2/c22-20-13-16(6-9-23-20)21-18(14-7-10-25-11-8-14)3-1-2-15-12-17(24)4-5-19(15)21/h4-6,9,12-14,24H,1-3,7-8,10-11H2,(H2,22,23). The first-order valence-electron chi connectivity index (χ1n) is 9.07. The van der Waals surface area contributed by atoms with Gasteiger partial charge >= 0.3 is 0 Å². The molecule has 1 fully saturated rings. The summed E-state index contributed by atoms with van der Waals surface area (Å²) in [6.07, 6.45) is 7.11. The van der Waals surface area contributed by atoms with E-state index in [1.807, 2.05) is 18.2 Å². The lowest BCUT2D eigenvalue weighted by Crippen LogP contribution is -2.18. The molecule has 0 atom stereocenters. The van der Waals surface area contributed by atoms with E-state index in [1.165, 1.54) is 22.3 Å². The van der Waals surface area contributed by atoms with E-state index >= 15 is 0 Å². The number of fused-ring (bicyclic) bond motifs is 1. The van der Waals surface area contributed by atoms with Crippen molar-refractivity contribution in [2.75, 3.05) is 18.9 Å². The topological polar surface area (TPSA) is 68.4 Å². The maximum absolute atomic E-state index is 9.93. The summed E-state index contributed by atoms with van der Waals surface area (Å²) < 4.78 is 5.58. The van der Waals surface area contributed by atoms with Crippen LogP contribution in [-0.4, -0.2) is 23.3 Å². The molecule has 0 bridgehead atoms. The van der Waals surface area contributed by atoms with Gasteiger partial charge in [-0.15, -0.1) is 0 Å². The highest BCUT2D eigenvalue weighted by Gasteiger charge is 2.26. The van der Waals surface area contributed by atoms with Crippen molar-refractivity contribution in [1.29, 1.82) is 0 Å². The van der Waals surface area contributed by atoms with Gasteiger partial charge in [0.15, 0.2) is 0 Å². The van der Waals surface area contributed by atoms with Crippen molar-refractivity contribution in [3.8, 4) is 5.75 Å². The van der Waals surface area contributed by atoms with Gasteiger partial charge in [-0.1, -0.05) is 11.6 Å². The monoisotopic (exact) mass is 336 g/mol. The van der Waals surface area contributed by atoms with Gasteiger partial charge in [0.25, 0.3) is 0 Å². The number of ether oxygens (including phenoxy) is 1. The van der Waals surface area contributed by atoms with E-state index in [4.69, 9.17) is 10.5 Å². The summed E-state index contributed by atoms with van der Waals surface area (Å²) in [5.41, 5.74) is 12.3. The molecule has 3 N–H and O–H groups in total. The number of anilines is 1. The fourth-order valence-electron chi connectivity index (χ4n) is 4.20. The molecule has 2 aliphatic rings. The molecule has 25 heavy (non-hydrogen) atoms. The van der Waals surface area contributed by atoms with E-state index in [2.05, 4.69) is 11.1 Å². The maximum Gasteiger partial charge on any atom is 0.123 e. The zero-order chi connectivity index (χ0) is 17.2. The number of phenols is 1. The number of aromatic hydroxyl groups is 1. The first-order chi connectivity index (χ1) is 12.2. The molecule has 130 valence electrons. The fourth-order valence-corrected chi connectivity index (χ4v) is 4.20. The minimum atomic E-state index is 0.335. The number of pyridine rings is 1. The maximum atomic E-state index is 9.93. The Morgan fingerprint density at radius 2 is 1.92 bits per heavy atom. The summed E-state index contributed by atoms with van der Waals surface area (Å²) in [4.78, 5) is 4.16. The number of aromatic nitrogens is 1. The van der Waals surface area contributed by atoms with Crippen LogP contribution in [0.2, 0.25) is 0 Å². The third kappa shape index (κ3) is 3.27. The molecule has 0 amide bonds. The molecule has 1 aromatic heterocycles. The second-order valence-electron chi connectivity index (χ2n) is 6.95. The van der Waals surface area contributed by atoms with E-state index in [-0.39, 0.29) is 0 Å². The van der Waals surface area contributed by atoms with Gasteiger partial charge in [0.2, 0.25) is 0 Å². The second-order valence-corrected chi connectivity index (χ2v) is 6.95. The first-order valence-corrected chi connectivity index (χ1v) is 9.07. The molecule has 1 aromatic carbocycles. The molecule has 0 radical (unpaired) electrons. The third-order valence-corrected chi connectivity index (χ3v) is 5.36. The molecule has 4 rings (SSSR count). The van der Waals surface area contributed by atoms with E-state index < -0.39 is 0 Å². The Bertz CT molecular complexity index is 807.